The van der Waals surface area contributed by atoms with Gasteiger partial charge in [0.25, 0.3) is 0 Å². The van der Waals surface area contributed by atoms with Gasteiger partial charge in [-0.15, -0.1) is 0 Å². The van der Waals surface area contributed by atoms with Crippen molar-refractivity contribution in [1.29, 1.82) is 0 Å². The summed E-state index contributed by atoms with van der Waals surface area (Å²) in [6, 6.07) is 0. The average Bonchev–Trinajstić information content (AvgIpc) is 2.18. The second-order valence-electron chi connectivity index (χ2n) is 9.63. The Morgan fingerprint density at radius 1 is 0.520 bits per heavy atom. The van der Waals surface area contributed by atoms with Crippen LogP contribution in [0.5, 0.6) is 0 Å². The van der Waals surface area contributed by atoms with Crippen molar-refractivity contribution in [3.63, 3.8) is 0 Å². The Morgan fingerprint density at radius 2 is 0.720 bits per heavy atom. The Balaban J connectivity index is 5.23. The molecule has 0 aliphatic rings. The van der Waals surface area contributed by atoms with Gasteiger partial charge < -0.3 is 0 Å². The van der Waals surface area contributed by atoms with Gasteiger partial charge in [0.2, 0.25) is 0 Å². The standard InChI is InChI=1S/3C6H14NO.In/c3*1-6(2,8)5-7(3)4;/h3*5H2,1-4H3;/q3*-1;+1. The van der Waals surface area contributed by atoms with E-state index in [4.69, 9.17) is 8.56 Å². The third-order valence-electron chi connectivity index (χ3n) is 3.34. The van der Waals surface area contributed by atoms with E-state index in [0.717, 1.165) is 19.6 Å². The summed E-state index contributed by atoms with van der Waals surface area (Å²) in [5.41, 5.74) is -0.897. The second kappa shape index (κ2) is 10.2. The van der Waals surface area contributed by atoms with Crippen molar-refractivity contribution in [3.8, 4) is 0 Å². The fraction of sp³-hybridized carbons (Fsp3) is 1.00. The van der Waals surface area contributed by atoms with E-state index < -0.39 is 22.7 Å². The molecule has 0 N–H and O–H groups in total. The summed E-state index contributed by atoms with van der Waals surface area (Å²) < 4.78 is 19.4. The monoisotopic (exact) mass is 463 g/mol. The molecular weight excluding hydrogens is 421 g/mol. The molecule has 0 fully saturated rings. The van der Waals surface area contributed by atoms with Crippen LogP contribution in [0.15, 0.2) is 0 Å². The summed E-state index contributed by atoms with van der Waals surface area (Å²) in [6.45, 7) is 15.2. The molecule has 0 rings (SSSR count). The van der Waals surface area contributed by atoms with Gasteiger partial charge in [-0.1, -0.05) is 0 Å². The van der Waals surface area contributed by atoms with Gasteiger partial charge in [-0.05, 0) is 0 Å². The fourth-order valence-corrected chi connectivity index (χ4v) is 8.76. The Morgan fingerprint density at radius 3 is 0.880 bits per heavy atom. The van der Waals surface area contributed by atoms with Crippen LogP contribution in [0.2, 0.25) is 0 Å². The van der Waals surface area contributed by atoms with Crippen molar-refractivity contribution in [3.05, 3.63) is 0 Å². The first-order valence-corrected chi connectivity index (χ1v) is 13.0. The van der Waals surface area contributed by atoms with Crippen LogP contribution < -0.4 is 0 Å². The molecule has 152 valence electrons. The van der Waals surface area contributed by atoms with Crippen LogP contribution in [0.25, 0.3) is 0 Å². The van der Waals surface area contributed by atoms with E-state index in [9.17, 15) is 0 Å². The van der Waals surface area contributed by atoms with Crippen LogP contribution >= 0.6 is 0 Å². The molecule has 0 heterocycles. The zero-order valence-electron chi connectivity index (χ0n) is 18.8. The summed E-state index contributed by atoms with van der Waals surface area (Å²) in [5, 5.41) is 0. The topological polar surface area (TPSA) is 37.4 Å². The van der Waals surface area contributed by atoms with Crippen molar-refractivity contribution >= 4 is 22.7 Å². The van der Waals surface area contributed by atoms with Crippen LogP contribution in [-0.2, 0) is 8.56 Å². The Labute approximate surface area is 166 Å². The number of nitrogens with zero attached hydrogens (tertiary/aromatic N) is 3. The predicted octanol–water partition coefficient (Wildman–Crippen LogP) is 2.04. The molecule has 6 nitrogen and oxygen atoms in total. The molecule has 0 atom stereocenters. The van der Waals surface area contributed by atoms with Crippen molar-refractivity contribution < 1.29 is 8.56 Å². The first kappa shape index (κ1) is 25.6. The van der Waals surface area contributed by atoms with E-state index >= 15 is 0 Å². The first-order chi connectivity index (χ1) is 11.0. The molecule has 0 aromatic heterocycles. The molecular formula is C18H42InN3O3-2. The van der Waals surface area contributed by atoms with E-state index in [2.05, 4.69) is 98.5 Å². The maximum absolute atomic E-state index is 6.47. The van der Waals surface area contributed by atoms with Crippen LogP contribution in [0, 0.1) is 0 Å². The molecule has 7 heteroatoms. The molecule has 0 amide bonds. The second-order valence-corrected chi connectivity index (χ2v) is 13.3. The average molecular weight is 463 g/mol. The van der Waals surface area contributed by atoms with Gasteiger partial charge in [-0.25, -0.2) is 0 Å². The molecule has 0 aromatic carbocycles. The molecule has 0 saturated heterocycles. The molecule has 0 spiro atoms. The van der Waals surface area contributed by atoms with Crippen LogP contribution in [-0.4, -0.2) is 116 Å². The zero-order valence-corrected chi connectivity index (χ0v) is 22.1. The molecule has 0 bridgehead atoms. The van der Waals surface area contributed by atoms with Crippen LogP contribution in [0.1, 0.15) is 41.5 Å². The molecule has 0 radical (unpaired) electrons. The minimum absolute atomic E-state index is 0.299. The predicted molar refractivity (Wildman–Crippen MR) is 107 cm³/mol. The van der Waals surface area contributed by atoms with Crippen molar-refractivity contribution in [1.82, 2.24) is 14.7 Å². The van der Waals surface area contributed by atoms with Gasteiger partial charge in [0.15, 0.2) is 0 Å². The first-order valence-electron chi connectivity index (χ1n) is 9.01. The maximum atomic E-state index is 6.47. The zero-order chi connectivity index (χ0) is 20.1. The van der Waals surface area contributed by atoms with Crippen LogP contribution in [0.4, 0.5) is 0 Å². The summed E-state index contributed by atoms with van der Waals surface area (Å²) in [4.78, 5) is 6.41. The van der Waals surface area contributed by atoms with E-state index in [0.29, 0.717) is 0 Å². The van der Waals surface area contributed by atoms with E-state index in [1.165, 1.54) is 0 Å². The van der Waals surface area contributed by atoms with Gasteiger partial charge in [0.1, 0.15) is 0 Å². The van der Waals surface area contributed by atoms with Gasteiger partial charge in [-0.2, -0.15) is 0 Å². The van der Waals surface area contributed by atoms with Crippen molar-refractivity contribution in [2.24, 2.45) is 0 Å². The fourth-order valence-electron chi connectivity index (χ4n) is 3.25. The minimum atomic E-state index is -3.20. The number of rotatable bonds is 12. The quantitative estimate of drug-likeness (QED) is 0.441. The number of likely N-dealkylation sites (N-methyl/N-ethyl adjacent to an activating group) is 3. The third-order valence-corrected chi connectivity index (χ3v) is 10.4. The molecule has 25 heavy (non-hydrogen) atoms. The van der Waals surface area contributed by atoms with Crippen molar-refractivity contribution in [2.45, 2.75) is 58.3 Å². The summed E-state index contributed by atoms with van der Waals surface area (Å²) in [6.07, 6.45) is 0. The summed E-state index contributed by atoms with van der Waals surface area (Å²) in [7, 11) is 12.4. The molecule has 0 saturated carbocycles. The van der Waals surface area contributed by atoms with Crippen molar-refractivity contribution in [2.75, 3.05) is 61.9 Å². The van der Waals surface area contributed by atoms with E-state index in [1.807, 2.05) is 0 Å². The van der Waals surface area contributed by atoms with E-state index in [1.54, 1.807) is 0 Å². The third kappa shape index (κ3) is 13.4. The van der Waals surface area contributed by atoms with Gasteiger partial charge >= 0.3 is 166 Å². The normalized spacial score (nSPS) is 14.4. The van der Waals surface area contributed by atoms with Gasteiger partial charge in [-0.3, -0.25) is 0 Å². The van der Waals surface area contributed by atoms with Gasteiger partial charge in [0.05, 0.1) is 0 Å². The van der Waals surface area contributed by atoms with Crippen LogP contribution in [0.3, 0.4) is 0 Å². The molecule has 0 aliphatic carbocycles. The molecule has 0 aliphatic heterocycles. The molecule has 0 unspecified atom stereocenters. The Hall–Kier alpha value is 0.630. The SMILES string of the molecule is CN(C)CC(C)(C)[O][In-2]([O]C(C)(C)CN(C)C)[O]C(C)(C)CN(C)C. The Bertz CT molecular complexity index is 329. The van der Waals surface area contributed by atoms with E-state index in [-0.39, 0.29) is 16.8 Å². The van der Waals surface area contributed by atoms with Gasteiger partial charge in [0, 0.05) is 0 Å². The summed E-state index contributed by atoms with van der Waals surface area (Å²) >= 11 is -3.20. The summed E-state index contributed by atoms with van der Waals surface area (Å²) in [5.74, 6) is 0. The Kier molecular flexibility index (Phi) is 10.5. The number of hydrogen-bond donors (Lipinski definition) is 0. The number of hydrogen-bond acceptors (Lipinski definition) is 6. The molecule has 0 aromatic rings.